The summed E-state index contributed by atoms with van der Waals surface area (Å²) in [6, 6.07) is 6.50. The van der Waals surface area contributed by atoms with Gasteiger partial charge in [-0.25, -0.2) is 9.37 Å². The van der Waals surface area contributed by atoms with Gasteiger partial charge in [0.1, 0.15) is 16.5 Å². The van der Waals surface area contributed by atoms with Gasteiger partial charge in [0.15, 0.2) is 0 Å². The molecule has 1 saturated heterocycles. The summed E-state index contributed by atoms with van der Waals surface area (Å²) in [5, 5.41) is 13.9. The molecule has 0 radical (unpaired) electrons. The van der Waals surface area contributed by atoms with Crippen LogP contribution in [0.15, 0.2) is 24.3 Å². The number of thiophene rings is 1. The van der Waals surface area contributed by atoms with Crippen molar-refractivity contribution in [3.05, 3.63) is 46.1 Å². The fourth-order valence-corrected chi connectivity index (χ4v) is 5.79. The zero-order valence-corrected chi connectivity index (χ0v) is 18.1. The molecule has 0 bridgehead atoms. The third-order valence-electron chi connectivity index (χ3n) is 6.30. The summed E-state index contributed by atoms with van der Waals surface area (Å²) in [5.74, 6) is 0.237. The van der Waals surface area contributed by atoms with Crippen LogP contribution in [0, 0.1) is 11.7 Å². The second-order valence-electron chi connectivity index (χ2n) is 8.34. The lowest BCUT2D eigenvalue weighted by Gasteiger charge is -2.30. The van der Waals surface area contributed by atoms with E-state index in [1.165, 1.54) is 35.4 Å². The van der Waals surface area contributed by atoms with Crippen LogP contribution in [-0.2, 0) is 24.2 Å². The Kier molecular flexibility index (Phi) is 5.48. The summed E-state index contributed by atoms with van der Waals surface area (Å²) in [5.41, 5.74) is 2.35. The summed E-state index contributed by atoms with van der Waals surface area (Å²) >= 11 is 1.76. The molecule has 1 aromatic carbocycles. The second kappa shape index (κ2) is 8.42. The first kappa shape index (κ1) is 20.2. The van der Waals surface area contributed by atoms with Crippen LogP contribution in [0.2, 0.25) is 0 Å². The van der Waals surface area contributed by atoms with E-state index in [2.05, 4.69) is 10.2 Å². The first-order chi connectivity index (χ1) is 15.1. The van der Waals surface area contributed by atoms with Gasteiger partial charge < -0.3 is 15.3 Å². The van der Waals surface area contributed by atoms with Gasteiger partial charge in [-0.15, -0.1) is 11.3 Å². The number of nitrogens with one attached hydrogen (secondary N) is 1. The topological polar surface area (TPSA) is 78.3 Å². The van der Waals surface area contributed by atoms with Crippen LogP contribution in [0.3, 0.4) is 0 Å². The number of benzene rings is 1. The minimum absolute atomic E-state index is 0.243. The highest BCUT2D eigenvalue weighted by atomic mass is 32.1. The molecule has 6 nitrogen and oxygen atoms in total. The maximum atomic E-state index is 13.3. The van der Waals surface area contributed by atoms with Gasteiger partial charge >= 0.3 is 5.97 Å². The Morgan fingerprint density at radius 2 is 1.90 bits per heavy atom. The molecule has 0 saturated carbocycles. The third-order valence-corrected chi connectivity index (χ3v) is 7.49. The number of hydrogen-bond acceptors (Lipinski definition) is 6. The van der Waals surface area contributed by atoms with Crippen molar-refractivity contribution in [1.29, 1.82) is 0 Å². The van der Waals surface area contributed by atoms with E-state index in [0.29, 0.717) is 38.4 Å². The Morgan fingerprint density at radius 1 is 1.16 bits per heavy atom. The van der Waals surface area contributed by atoms with Gasteiger partial charge in [-0.1, -0.05) is 12.1 Å². The van der Waals surface area contributed by atoms with Crippen LogP contribution in [0.4, 0.5) is 16.2 Å². The lowest BCUT2D eigenvalue weighted by Crippen LogP contribution is -2.37. The number of aryl methyl sites for hydroxylation is 2. The van der Waals surface area contributed by atoms with Crippen molar-refractivity contribution in [2.45, 2.75) is 45.1 Å². The highest BCUT2D eigenvalue weighted by molar-refractivity contribution is 7.19. The van der Waals surface area contributed by atoms with Gasteiger partial charge in [0.2, 0.25) is 5.95 Å². The summed E-state index contributed by atoms with van der Waals surface area (Å²) in [7, 11) is 0. The molecule has 5 rings (SSSR count). The predicted molar refractivity (Wildman–Crippen MR) is 120 cm³/mol. The highest BCUT2D eigenvalue weighted by Gasteiger charge is 2.27. The molecule has 0 spiro atoms. The van der Waals surface area contributed by atoms with Gasteiger partial charge in [-0.2, -0.15) is 4.98 Å². The molecule has 3 aromatic rings. The molecule has 162 valence electrons. The molecule has 3 heterocycles. The number of rotatable bonds is 5. The van der Waals surface area contributed by atoms with Gasteiger partial charge in [0.05, 0.1) is 11.3 Å². The van der Waals surface area contributed by atoms with Gasteiger partial charge in [0.25, 0.3) is 0 Å². The molecule has 2 aromatic heterocycles. The van der Waals surface area contributed by atoms with E-state index in [4.69, 9.17) is 9.97 Å². The maximum Gasteiger partial charge on any atom is 0.306 e. The molecule has 1 fully saturated rings. The normalized spacial score (nSPS) is 17.0. The predicted octanol–water partition coefficient (Wildman–Crippen LogP) is 4.62. The molecule has 2 N–H and O–H groups in total. The third kappa shape index (κ3) is 4.08. The van der Waals surface area contributed by atoms with E-state index < -0.39 is 5.97 Å². The van der Waals surface area contributed by atoms with Crippen molar-refractivity contribution < 1.29 is 14.3 Å². The van der Waals surface area contributed by atoms with E-state index in [1.54, 1.807) is 23.5 Å². The average molecular weight is 441 g/mol. The van der Waals surface area contributed by atoms with Crippen molar-refractivity contribution >= 4 is 39.3 Å². The van der Waals surface area contributed by atoms with E-state index in [0.717, 1.165) is 34.4 Å². The number of fused-ring (bicyclic) bond motifs is 3. The van der Waals surface area contributed by atoms with Gasteiger partial charge in [0, 0.05) is 24.5 Å². The Hall–Kier alpha value is -2.74. The van der Waals surface area contributed by atoms with Crippen molar-refractivity contribution in [3.63, 3.8) is 0 Å². The average Bonchev–Trinajstić information content (AvgIpc) is 3.17. The van der Waals surface area contributed by atoms with Crippen molar-refractivity contribution in [3.8, 4) is 0 Å². The van der Waals surface area contributed by atoms with Crippen LogP contribution >= 0.6 is 11.3 Å². The lowest BCUT2D eigenvalue weighted by atomic mass is 9.97. The minimum atomic E-state index is -0.719. The molecule has 1 aliphatic heterocycles. The van der Waals surface area contributed by atoms with E-state index in [9.17, 15) is 14.3 Å². The number of carboxylic acid groups (broad SMARTS) is 1. The quantitative estimate of drug-likeness (QED) is 0.603. The standard InChI is InChI=1S/C23H25FN4O2S/c24-16-7-5-14(6-8-16)13-25-20-19-17-3-1-2-4-18(17)31-21(19)27-23(26-20)28-11-9-15(10-12-28)22(29)30/h5-8,15H,1-4,9-13H2,(H,29,30)(H,25,26,27). The van der Waals surface area contributed by atoms with Crippen molar-refractivity contribution in [2.75, 3.05) is 23.3 Å². The zero-order valence-electron chi connectivity index (χ0n) is 17.2. The minimum Gasteiger partial charge on any atom is -0.481 e. The number of hydrogen-bond donors (Lipinski definition) is 2. The van der Waals surface area contributed by atoms with Crippen molar-refractivity contribution in [1.82, 2.24) is 9.97 Å². The molecule has 0 atom stereocenters. The number of aromatic nitrogens is 2. The highest BCUT2D eigenvalue weighted by Crippen LogP contribution is 2.40. The SMILES string of the molecule is O=C(O)C1CCN(c2nc(NCc3ccc(F)cc3)c3c4c(sc3n2)CCCC4)CC1. The first-order valence-electron chi connectivity index (χ1n) is 10.9. The Balaban J connectivity index is 1.48. The maximum absolute atomic E-state index is 13.3. The lowest BCUT2D eigenvalue weighted by molar-refractivity contribution is -0.142. The number of halogens is 1. The fraction of sp³-hybridized carbons (Fsp3) is 0.435. The molecular formula is C23H25FN4O2S. The molecule has 8 heteroatoms. The van der Waals surface area contributed by atoms with Crippen LogP contribution in [0.1, 0.15) is 41.7 Å². The van der Waals surface area contributed by atoms with E-state index in [1.807, 2.05) is 0 Å². The molecule has 2 aliphatic rings. The summed E-state index contributed by atoms with van der Waals surface area (Å²) in [6.07, 6.45) is 5.74. The van der Waals surface area contributed by atoms with Crippen LogP contribution in [-0.4, -0.2) is 34.1 Å². The molecule has 1 aliphatic carbocycles. The largest absolute Gasteiger partial charge is 0.481 e. The van der Waals surface area contributed by atoms with Gasteiger partial charge in [-0.05, 0) is 61.8 Å². The van der Waals surface area contributed by atoms with E-state index in [-0.39, 0.29) is 11.7 Å². The molecule has 0 unspecified atom stereocenters. The number of carboxylic acids is 1. The fourth-order valence-electron chi connectivity index (χ4n) is 4.53. The Bertz CT molecular complexity index is 1110. The smallest absolute Gasteiger partial charge is 0.306 e. The monoisotopic (exact) mass is 440 g/mol. The summed E-state index contributed by atoms with van der Waals surface area (Å²) in [4.78, 5) is 25.6. The Morgan fingerprint density at radius 3 is 2.65 bits per heavy atom. The zero-order chi connectivity index (χ0) is 21.4. The van der Waals surface area contributed by atoms with E-state index >= 15 is 0 Å². The van der Waals surface area contributed by atoms with Crippen LogP contribution in [0.5, 0.6) is 0 Å². The molecule has 31 heavy (non-hydrogen) atoms. The van der Waals surface area contributed by atoms with Crippen LogP contribution in [0.25, 0.3) is 10.2 Å². The number of anilines is 2. The number of piperidine rings is 1. The Labute approximate surface area is 184 Å². The molecular weight excluding hydrogens is 415 g/mol. The number of carbonyl (C=O) groups is 1. The van der Waals surface area contributed by atoms with Gasteiger partial charge in [-0.3, -0.25) is 4.79 Å². The van der Waals surface area contributed by atoms with Crippen LogP contribution < -0.4 is 10.2 Å². The second-order valence-corrected chi connectivity index (χ2v) is 9.43. The number of aliphatic carboxylic acids is 1. The summed E-state index contributed by atoms with van der Waals surface area (Å²) in [6.45, 7) is 1.84. The first-order valence-corrected chi connectivity index (χ1v) is 11.7. The number of nitrogens with zero attached hydrogens (tertiary/aromatic N) is 3. The van der Waals surface area contributed by atoms with Crippen molar-refractivity contribution in [2.24, 2.45) is 5.92 Å². The summed E-state index contributed by atoms with van der Waals surface area (Å²) < 4.78 is 13.3. The molecule has 0 amide bonds.